The topological polar surface area (TPSA) is 89.5 Å². The number of hydrogen-bond acceptors (Lipinski definition) is 7. The van der Waals surface area contributed by atoms with E-state index in [1.807, 2.05) is 21.1 Å². The third-order valence-corrected chi connectivity index (χ3v) is 4.38. The third-order valence-electron chi connectivity index (χ3n) is 4.38. The van der Waals surface area contributed by atoms with E-state index in [0.717, 1.165) is 17.9 Å². The van der Waals surface area contributed by atoms with Gasteiger partial charge in [-0.3, -0.25) is 9.48 Å². The van der Waals surface area contributed by atoms with Crippen molar-refractivity contribution in [1.82, 2.24) is 30.0 Å². The van der Waals surface area contributed by atoms with Gasteiger partial charge in [0.05, 0.1) is 31.6 Å². The van der Waals surface area contributed by atoms with E-state index in [1.54, 1.807) is 16.5 Å². The monoisotopic (exact) mass is 348 g/mol. The van der Waals surface area contributed by atoms with E-state index in [4.69, 9.17) is 9.26 Å². The molecule has 0 radical (unpaired) electrons. The van der Waals surface area contributed by atoms with Gasteiger partial charge in [-0.1, -0.05) is 10.4 Å². The number of hydrogen-bond donors (Lipinski definition) is 0. The fourth-order valence-electron chi connectivity index (χ4n) is 3.05. The van der Waals surface area contributed by atoms with Crippen LogP contribution >= 0.6 is 0 Å². The maximum Gasteiger partial charge on any atom is 0.259 e. The van der Waals surface area contributed by atoms with E-state index in [9.17, 15) is 4.79 Å². The summed E-state index contributed by atoms with van der Waals surface area (Å²) in [4.78, 5) is 16.6. The van der Waals surface area contributed by atoms with Gasteiger partial charge in [-0.25, -0.2) is 0 Å². The Bertz CT molecular complexity index is 738. The Balaban J connectivity index is 1.74. The number of ether oxygens (including phenoxy) is 1. The first kappa shape index (κ1) is 17.6. The van der Waals surface area contributed by atoms with Gasteiger partial charge in [0, 0.05) is 26.1 Å². The minimum Gasteiger partial charge on any atom is -0.379 e. The van der Waals surface area contributed by atoms with Gasteiger partial charge in [0.1, 0.15) is 17.0 Å². The molecule has 3 rings (SSSR count). The number of fused-ring (bicyclic) bond motifs is 1. The standard InChI is InChI=1S/C16H24N6O3/c1-11-13(7-17-25-11)16(23)22-8-12(10-24-6-5-20(2)3)15-14(9-22)18-19-21(15)4/h7,12H,5-6,8-10H2,1-4H3. The summed E-state index contributed by atoms with van der Waals surface area (Å²) >= 11 is 0. The molecule has 2 aromatic heterocycles. The zero-order chi connectivity index (χ0) is 18.0. The van der Waals surface area contributed by atoms with Gasteiger partial charge in [-0.15, -0.1) is 5.10 Å². The van der Waals surface area contributed by atoms with Crippen molar-refractivity contribution >= 4 is 5.91 Å². The Morgan fingerprint density at radius 2 is 2.28 bits per heavy atom. The Hall–Kier alpha value is -2.26. The van der Waals surface area contributed by atoms with Gasteiger partial charge in [0.25, 0.3) is 5.91 Å². The van der Waals surface area contributed by atoms with Crippen LogP contribution in [-0.4, -0.2) is 76.3 Å². The second kappa shape index (κ2) is 7.32. The van der Waals surface area contributed by atoms with E-state index in [1.165, 1.54) is 6.20 Å². The molecular formula is C16H24N6O3. The van der Waals surface area contributed by atoms with E-state index in [-0.39, 0.29) is 11.8 Å². The zero-order valence-corrected chi connectivity index (χ0v) is 15.1. The summed E-state index contributed by atoms with van der Waals surface area (Å²) in [5.74, 6) is 0.456. The van der Waals surface area contributed by atoms with Crippen molar-refractivity contribution in [2.75, 3.05) is 40.4 Å². The smallest absolute Gasteiger partial charge is 0.259 e. The van der Waals surface area contributed by atoms with Crippen molar-refractivity contribution in [1.29, 1.82) is 0 Å². The third kappa shape index (κ3) is 3.72. The average molecular weight is 348 g/mol. The zero-order valence-electron chi connectivity index (χ0n) is 15.1. The fraction of sp³-hybridized carbons (Fsp3) is 0.625. The first-order chi connectivity index (χ1) is 12.0. The lowest BCUT2D eigenvalue weighted by atomic mass is 9.98. The van der Waals surface area contributed by atoms with Crippen molar-refractivity contribution in [3.05, 3.63) is 28.9 Å². The highest BCUT2D eigenvalue weighted by atomic mass is 16.5. The Morgan fingerprint density at radius 3 is 2.96 bits per heavy atom. The highest BCUT2D eigenvalue weighted by Gasteiger charge is 2.33. The summed E-state index contributed by atoms with van der Waals surface area (Å²) in [6, 6.07) is 0. The molecule has 0 aliphatic carbocycles. The van der Waals surface area contributed by atoms with Crippen LogP contribution in [0.15, 0.2) is 10.7 Å². The van der Waals surface area contributed by atoms with E-state index in [0.29, 0.717) is 37.6 Å². The predicted molar refractivity (Wildman–Crippen MR) is 89.1 cm³/mol. The van der Waals surface area contributed by atoms with Crippen molar-refractivity contribution < 1.29 is 14.1 Å². The van der Waals surface area contributed by atoms with Gasteiger partial charge < -0.3 is 19.1 Å². The fourth-order valence-corrected chi connectivity index (χ4v) is 3.05. The summed E-state index contributed by atoms with van der Waals surface area (Å²) in [7, 11) is 5.89. The predicted octanol–water partition coefficient (Wildman–Crippen LogP) is 0.429. The van der Waals surface area contributed by atoms with E-state index in [2.05, 4.69) is 20.4 Å². The molecule has 1 aliphatic heterocycles. The first-order valence-electron chi connectivity index (χ1n) is 8.28. The summed E-state index contributed by atoms with van der Waals surface area (Å²) < 4.78 is 12.6. The highest BCUT2D eigenvalue weighted by molar-refractivity contribution is 5.94. The van der Waals surface area contributed by atoms with Crippen LogP contribution in [0.25, 0.3) is 0 Å². The molecule has 0 bridgehead atoms. The van der Waals surface area contributed by atoms with Gasteiger partial charge in [0.2, 0.25) is 0 Å². The lowest BCUT2D eigenvalue weighted by molar-refractivity contribution is 0.0612. The summed E-state index contributed by atoms with van der Waals surface area (Å²) in [6.45, 7) is 4.74. The molecule has 1 atom stereocenters. The average Bonchev–Trinajstić information content (AvgIpc) is 3.16. The molecule has 1 amide bonds. The van der Waals surface area contributed by atoms with Crippen molar-refractivity contribution in [3.8, 4) is 0 Å². The minimum absolute atomic E-state index is 0.0371. The molecule has 1 unspecified atom stereocenters. The number of carbonyl (C=O) groups is 1. The molecule has 0 spiro atoms. The van der Waals surface area contributed by atoms with Crippen LogP contribution in [0.5, 0.6) is 0 Å². The highest BCUT2D eigenvalue weighted by Crippen LogP contribution is 2.28. The summed E-state index contributed by atoms with van der Waals surface area (Å²) in [5, 5.41) is 12.0. The van der Waals surface area contributed by atoms with Crippen molar-refractivity contribution in [2.45, 2.75) is 19.4 Å². The SMILES string of the molecule is Cc1oncc1C(=O)N1Cc2nnn(C)c2C(COCCN(C)C)C1. The van der Waals surface area contributed by atoms with Crippen LogP contribution in [0.3, 0.4) is 0 Å². The summed E-state index contributed by atoms with van der Waals surface area (Å²) in [6.07, 6.45) is 1.46. The Morgan fingerprint density at radius 1 is 1.48 bits per heavy atom. The minimum atomic E-state index is -0.103. The van der Waals surface area contributed by atoms with E-state index < -0.39 is 0 Å². The quantitative estimate of drug-likeness (QED) is 0.699. The molecule has 1 aliphatic rings. The molecule has 0 aromatic carbocycles. The Labute approximate surface area is 146 Å². The number of aromatic nitrogens is 4. The molecule has 0 saturated heterocycles. The molecule has 0 N–H and O–H groups in total. The maximum absolute atomic E-state index is 12.8. The lowest BCUT2D eigenvalue weighted by Crippen LogP contribution is -2.40. The number of carbonyl (C=O) groups excluding carboxylic acids is 1. The van der Waals surface area contributed by atoms with Gasteiger partial charge in [-0.05, 0) is 21.0 Å². The van der Waals surface area contributed by atoms with Gasteiger partial charge in [0.15, 0.2) is 0 Å². The molecular weight excluding hydrogens is 324 g/mol. The van der Waals surface area contributed by atoms with Crippen LogP contribution in [0, 0.1) is 6.92 Å². The van der Waals surface area contributed by atoms with Gasteiger partial charge >= 0.3 is 0 Å². The second-order valence-electron chi connectivity index (χ2n) is 6.60. The maximum atomic E-state index is 12.8. The lowest BCUT2D eigenvalue weighted by Gasteiger charge is -2.32. The van der Waals surface area contributed by atoms with Crippen LogP contribution in [0.4, 0.5) is 0 Å². The van der Waals surface area contributed by atoms with Crippen LogP contribution < -0.4 is 0 Å². The van der Waals surface area contributed by atoms with Crippen LogP contribution in [-0.2, 0) is 18.3 Å². The normalized spacial score (nSPS) is 17.2. The number of amides is 1. The molecule has 9 heteroatoms. The molecule has 136 valence electrons. The summed E-state index contributed by atoms with van der Waals surface area (Å²) in [5.41, 5.74) is 2.34. The van der Waals surface area contributed by atoms with Crippen molar-refractivity contribution in [3.63, 3.8) is 0 Å². The number of nitrogens with zero attached hydrogens (tertiary/aromatic N) is 6. The van der Waals surface area contributed by atoms with Crippen molar-refractivity contribution in [2.24, 2.45) is 7.05 Å². The largest absolute Gasteiger partial charge is 0.379 e. The number of aryl methyl sites for hydroxylation is 2. The molecule has 25 heavy (non-hydrogen) atoms. The molecule has 0 saturated carbocycles. The second-order valence-corrected chi connectivity index (χ2v) is 6.60. The van der Waals surface area contributed by atoms with E-state index >= 15 is 0 Å². The molecule has 9 nitrogen and oxygen atoms in total. The van der Waals surface area contributed by atoms with Gasteiger partial charge in [-0.2, -0.15) is 0 Å². The molecule has 0 fully saturated rings. The van der Waals surface area contributed by atoms with Crippen LogP contribution in [0.2, 0.25) is 0 Å². The molecule has 3 heterocycles. The Kier molecular flexibility index (Phi) is 5.14. The number of likely N-dealkylation sites (N-methyl/N-ethyl adjacent to an activating group) is 1. The first-order valence-corrected chi connectivity index (χ1v) is 8.28. The molecule has 2 aromatic rings. The number of rotatable bonds is 6. The van der Waals surface area contributed by atoms with Crippen LogP contribution in [0.1, 0.15) is 33.4 Å².